The van der Waals surface area contributed by atoms with E-state index >= 15 is 0 Å². The topological polar surface area (TPSA) is 63.4 Å². The summed E-state index contributed by atoms with van der Waals surface area (Å²) in [6, 6.07) is 3.81. The molecule has 1 fully saturated rings. The van der Waals surface area contributed by atoms with Crippen molar-refractivity contribution in [2.45, 2.75) is 31.8 Å². The van der Waals surface area contributed by atoms with Gasteiger partial charge in [0.1, 0.15) is 5.82 Å². The summed E-state index contributed by atoms with van der Waals surface area (Å²) in [7, 11) is 1.80. The van der Waals surface area contributed by atoms with Crippen molar-refractivity contribution in [3.05, 3.63) is 29.7 Å². The summed E-state index contributed by atoms with van der Waals surface area (Å²) in [5.74, 6) is 2.53. The maximum Gasteiger partial charge on any atom is 0.197 e. The van der Waals surface area contributed by atoms with Gasteiger partial charge in [-0.1, -0.05) is 0 Å². The van der Waals surface area contributed by atoms with Crippen LogP contribution in [0.5, 0.6) is 0 Å². The number of halogens is 2. The molecule has 0 atom stereocenters. The number of anilines is 1. The van der Waals surface area contributed by atoms with E-state index in [0.717, 1.165) is 69.1 Å². The summed E-state index contributed by atoms with van der Waals surface area (Å²) < 4.78 is 11.0. The van der Waals surface area contributed by atoms with Gasteiger partial charge in [-0.05, 0) is 37.9 Å². The zero-order valence-corrected chi connectivity index (χ0v) is 16.6. The van der Waals surface area contributed by atoms with Crippen LogP contribution in [-0.2, 0) is 17.6 Å². The fourth-order valence-electron chi connectivity index (χ4n) is 3.61. The van der Waals surface area contributed by atoms with E-state index in [4.69, 9.17) is 19.1 Å². The Labute approximate surface area is 166 Å². The number of nitrogens with zero attached hydrogens (tertiary/aromatic N) is 3. The smallest absolute Gasteiger partial charge is 0.197 e. The average Bonchev–Trinajstić information content (AvgIpc) is 3.06. The van der Waals surface area contributed by atoms with Gasteiger partial charge in [0.25, 0.3) is 0 Å². The van der Waals surface area contributed by atoms with E-state index in [9.17, 15) is 0 Å². The first kappa shape index (κ1) is 21.0. The molecule has 6 nitrogen and oxygen atoms in total. The molecule has 8 heteroatoms. The Bertz CT molecular complexity index is 689. The van der Waals surface area contributed by atoms with Crippen LogP contribution in [0.15, 0.2) is 22.8 Å². The SMILES string of the molecule is COC1CCN(c2nc(-c3ccco3)nc3c2CCNCC3)CC1.Cl.Cl. The van der Waals surface area contributed by atoms with Crippen molar-refractivity contribution in [1.82, 2.24) is 15.3 Å². The Kier molecular flexibility index (Phi) is 7.70. The third-order valence-corrected chi connectivity index (χ3v) is 4.98. The van der Waals surface area contributed by atoms with Crippen LogP contribution in [0.4, 0.5) is 5.82 Å². The fraction of sp³-hybridized carbons (Fsp3) is 0.556. The lowest BCUT2D eigenvalue weighted by Crippen LogP contribution is -2.38. The van der Waals surface area contributed by atoms with Crippen molar-refractivity contribution in [3.8, 4) is 11.6 Å². The number of aromatic nitrogens is 2. The first-order valence-electron chi connectivity index (χ1n) is 8.77. The van der Waals surface area contributed by atoms with Crippen molar-refractivity contribution >= 4 is 30.6 Å². The lowest BCUT2D eigenvalue weighted by Gasteiger charge is -2.33. The van der Waals surface area contributed by atoms with Gasteiger partial charge < -0.3 is 19.4 Å². The molecule has 0 aliphatic carbocycles. The lowest BCUT2D eigenvalue weighted by atomic mass is 10.0. The van der Waals surface area contributed by atoms with E-state index in [-0.39, 0.29) is 24.8 Å². The molecule has 2 aromatic heterocycles. The largest absolute Gasteiger partial charge is 0.461 e. The first-order chi connectivity index (χ1) is 11.8. The molecule has 1 N–H and O–H groups in total. The van der Waals surface area contributed by atoms with E-state index in [1.54, 1.807) is 13.4 Å². The highest BCUT2D eigenvalue weighted by molar-refractivity contribution is 5.85. The molecule has 4 rings (SSSR count). The first-order valence-corrected chi connectivity index (χ1v) is 8.77. The summed E-state index contributed by atoms with van der Waals surface area (Å²) in [4.78, 5) is 12.1. The quantitative estimate of drug-likeness (QED) is 0.854. The van der Waals surface area contributed by atoms with Gasteiger partial charge in [-0.3, -0.25) is 0 Å². The van der Waals surface area contributed by atoms with Gasteiger partial charge in [-0.25, -0.2) is 9.97 Å². The Balaban J connectivity index is 0.00000121. The minimum atomic E-state index is 0. The lowest BCUT2D eigenvalue weighted by molar-refractivity contribution is 0.0817. The molecule has 0 aromatic carbocycles. The second-order valence-corrected chi connectivity index (χ2v) is 6.45. The van der Waals surface area contributed by atoms with Crippen molar-refractivity contribution in [3.63, 3.8) is 0 Å². The normalized spacial score (nSPS) is 17.7. The molecule has 0 spiro atoms. The Morgan fingerprint density at radius 2 is 1.92 bits per heavy atom. The fourth-order valence-corrected chi connectivity index (χ4v) is 3.61. The molecular weight excluding hydrogens is 375 g/mol. The summed E-state index contributed by atoms with van der Waals surface area (Å²) in [5, 5.41) is 3.47. The summed E-state index contributed by atoms with van der Waals surface area (Å²) in [5.41, 5.74) is 2.46. The minimum absolute atomic E-state index is 0. The predicted octanol–water partition coefficient (Wildman–Crippen LogP) is 2.88. The predicted molar refractivity (Wildman–Crippen MR) is 107 cm³/mol. The van der Waals surface area contributed by atoms with Gasteiger partial charge in [0.2, 0.25) is 0 Å². The van der Waals surface area contributed by atoms with Crippen molar-refractivity contribution in [2.24, 2.45) is 0 Å². The molecule has 26 heavy (non-hydrogen) atoms. The van der Waals surface area contributed by atoms with Crippen LogP contribution >= 0.6 is 24.8 Å². The van der Waals surface area contributed by atoms with Gasteiger partial charge in [0.15, 0.2) is 11.6 Å². The molecule has 0 saturated carbocycles. The number of nitrogens with one attached hydrogen (secondary N) is 1. The molecule has 0 amide bonds. The van der Waals surface area contributed by atoms with Crippen molar-refractivity contribution in [1.29, 1.82) is 0 Å². The van der Waals surface area contributed by atoms with Crippen LogP contribution in [0.2, 0.25) is 0 Å². The van der Waals surface area contributed by atoms with Crippen LogP contribution in [-0.4, -0.2) is 49.4 Å². The number of piperidine rings is 1. The van der Waals surface area contributed by atoms with Crippen LogP contribution in [0.1, 0.15) is 24.1 Å². The maximum absolute atomic E-state index is 5.54. The number of methoxy groups -OCH3 is 1. The van der Waals surface area contributed by atoms with Gasteiger partial charge in [-0.2, -0.15) is 0 Å². The van der Waals surface area contributed by atoms with Crippen molar-refractivity contribution < 1.29 is 9.15 Å². The van der Waals surface area contributed by atoms with Crippen LogP contribution in [0, 0.1) is 0 Å². The van der Waals surface area contributed by atoms with Crippen LogP contribution in [0.25, 0.3) is 11.6 Å². The van der Waals surface area contributed by atoms with E-state index < -0.39 is 0 Å². The maximum atomic E-state index is 5.54. The molecule has 2 aliphatic rings. The molecular formula is C18H26Cl2N4O2. The number of hydrogen-bond acceptors (Lipinski definition) is 6. The van der Waals surface area contributed by atoms with Gasteiger partial charge in [0.05, 0.1) is 18.1 Å². The van der Waals surface area contributed by atoms with Gasteiger partial charge in [0, 0.05) is 38.7 Å². The molecule has 0 radical (unpaired) electrons. The third kappa shape index (κ3) is 4.31. The zero-order chi connectivity index (χ0) is 16.4. The third-order valence-electron chi connectivity index (χ3n) is 4.98. The molecule has 1 saturated heterocycles. The van der Waals surface area contributed by atoms with E-state index in [1.165, 1.54) is 5.56 Å². The van der Waals surface area contributed by atoms with Gasteiger partial charge in [-0.15, -0.1) is 24.8 Å². The number of ether oxygens (including phenoxy) is 1. The van der Waals surface area contributed by atoms with Crippen LogP contribution in [0.3, 0.4) is 0 Å². The van der Waals surface area contributed by atoms with Gasteiger partial charge >= 0.3 is 0 Å². The number of hydrogen-bond donors (Lipinski definition) is 1. The average molecular weight is 401 g/mol. The molecule has 144 valence electrons. The minimum Gasteiger partial charge on any atom is -0.461 e. The molecule has 0 bridgehead atoms. The highest BCUT2D eigenvalue weighted by atomic mass is 35.5. The Morgan fingerprint density at radius 1 is 1.15 bits per heavy atom. The highest BCUT2D eigenvalue weighted by Gasteiger charge is 2.25. The molecule has 0 unspecified atom stereocenters. The van der Waals surface area contributed by atoms with Crippen molar-refractivity contribution in [2.75, 3.05) is 38.2 Å². The molecule has 2 aliphatic heterocycles. The number of rotatable bonds is 3. The van der Waals surface area contributed by atoms with E-state index in [2.05, 4.69) is 10.2 Å². The monoisotopic (exact) mass is 400 g/mol. The Morgan fingerprint density at radius 3 is 2.62 bits per heavy atom. The summed E-state index contributed by atoms with van der Waals surface area (Å²) >= 11 is 0. The summed E-state index contributed by atoms with van der Waals surface area (Å²) in [6.45, 7) is 3.91. The second kappa shape index (κ2) is 9.55. The van der Waals surface area contributed by atoms with Crippen LogP contribution < -0.4 is 10.2 Å². The Hall–Kier alpha value is -1.34. The zero-order valence-electron chi connectivity index (χ0n) is 14.9. The highest BCUT2D eigenvalue weighted by Crippen LogP contribution is 2.29. The standard InChI is InChI=1S/C18H24N4O2.2ClH/c1-23-13-6-10-22(11-7-13)18-14-4-8-19-9-5-15(14)20-17(21-18)16-3-2-12-24-16;;/h2-3,12-13,19H,4-11H2,1H3;2*1H. The number of furan rings is 1. The number of fused-ring (bicyclic) bond motifs is 1. The second-order valence-electron chi connectivity index (χ2n) is 6.45. The summed E-state index contributed by atoms with van der Waals surface area (Å²) in [6.07, 6.45) is 6.05. The molecule has 2 aromatic rings. The van der Waals surface area contributed by atoms with E-state index in [1.807, 2.05) is 12.1 Å². The van der Waals surface area contributed by atoms with E-state index in [0.29, 0.717) is 11.9 Å². The molecule has 4 heterocycles.